The summed E-state index contributed by atoms with van der Waals surface area (Å²) in [5.74, 6) is 0.801. The molecule has 2 rings (SSSR count). The fraction of sp³-hybridized carbons (Fsp3) is 0.571. The van der Waals surface area contributed by atoms with Crippen LogP contribution >= 0.6 is 11.6 Å². The molecule has 100 valence electrons. The SMILES string of the molecule is Cc1cc(Cl)ccc1OC[C@H](O)C[NH+]1CCCC1. The minimum Gasteiger partial charge on any atom is -0.490 e. The summed E-state index contributed by atoms with van der Waals surface area (Å²) in [6.45, 7) is 5.45. The van der Waals surface area contributed by atoms with Gasteiger partial charge in [-0.25, -0.2) is 0 Å². The topological polar surface area (TPSA) is 33.9 Å². The van der Waals surface area contributed by atoms with E-state index >= 15 is 0 Å². The van der Waals surface area contributed by atoms with Crippen molar-refractivity contribution in [3.63, 3.8) is 0 Å². The third kappa shape index (κ3) is 3.87. The summed E-state index contributed by atoms with van der Waals surface area (Å²) in [6, 6.07) is 5.53. The molecule has 1 aromatic carbocycles. The Labute approximate surface area is 113 Å². The molecule has 1 aliphatic heterocycles. The van der Waals surface area contributed by atoms with E-state index < -0.39 is 6.10 Å². The van der Waals surface area contributed by atoms with Gasteiger partial charge in [0.15, 0.2) is 0 Å². The lowest BCUT2D eigenvalue weighted by molar-refractivity contribution is -0.890. The van der Waals surface area contributed by atoms with Crippen molar-refractivity contribution in [2.45, 2.75) is 25.9 Å². The number of hydrogen-bond acceptors (Lipinski definition) is 2. The average molecular weight is 271 g/mol. The first-order valence-electron chi connectivity index (χ1n) is 6.56. The Bertz CT molecular complexity index is 391. The monoisotopic (exact) mass is 270 g/mol. The van der Waals surface area contributed by atoms with Crippen LogP contribution in [0.25, 0.3) is 0 Å². The van der Waals surface area contributed by atoms with Gasteiger partial charge in [0, 0.05) is 17.9 Å². The van der Waals surface area contributed by atoms with E-state index in [0.29, 0.717) is 11.6 Å². The molecule has 0 amide bonds. The molecule has 4 heteroatoms. The van der Waals surface area contributed by atoms with Gasteiger partial charge in [0.25, 0.3) is 0 Å². The first-order valence-corrected chi connectivity index (χ1v) is 6.93. The zero-order valence-electron chi connectivity index (χ0n) is 10.8. The van der Waals surface area contributed by atoms with Crippen LogP contribution in [-0.2, 0) is 0 Å². The highest BCUT2D eigenvalue weighted by molar-refractivity contribution is 6.30. The van der Waals surface area contributed by atoms with E-state index in [1.54, 1.807) is 0 Å². The molecule has 1 atom stereocenters. The van der Waals surface area contributed by atoms with E-state index in [2.05, 4.69) is 0 Å². The zero-order chi connectivity index (χ0) is 13.0. The maximum atomic E-state index is 9.94. The number of halogens is 1. The third-order valence-corrected chi connectivity index (χ3v) is 3.64. The molecular weight excluding hydrogens is 250 g/mol. The number of hydrogen-bond donors (Lipinski definition) is 2. The number of quaternary nitrogens is 1. The number of nitrogens with one attached hydrogen (secondary N) is 1. The number of benzene rings is 1. The van der Waals surface area contributed by atoms with Gasteiger partial charge in [0.2, 0.25) is 0 Å². The van der Waals surface area contributed by atoms with Crippen LogP contribution in [-0.4, -0.2) is 37.5 Å². The fourth-order valence-corrected chi connectivity index (χ4v) is 2.66. The molecule has 18 heavy (non-hydrogen) atoms. The number of aliphatic hydroxyl groups excluding tert-OH is 1. The lowest BCUT2D eigenvalue weighted by Crippen LogP contribution is -3.11. The molecular formula is C14H21ClNO2+. The molecule has 0 aromatic heterocycles. The summed E-state index contributed by atoms with van der Waals surface area (Å²) in [4.78, 5) is 1.49. The maximum Gasteiger partial charge on any atom is 0.137 e. The molecule has 0 radical (unpaired) electrons. The van der Waals surface area contributed by atoms with Crippen LogP contribution in [0.15, 0.2) is 18.2 Å². The number of likely N-dealkylation sites (tertiary alicyclic amines) is 1. The molecule has 0 bridgehead atoms. The fourth-order valence-electron chi connectivity index (χ4n) is 2.43. The molecule has 1 fully saturated rings. The van der Waals surface area contributed by atoms with Gasteiger partial charge in [-0.05, 0) is 30.7 Å². The van der Waals surface area contributed by atoms with Crippen molar-refractivity contribution in [2.24, 2.45) is 0 Å². The number of aryl methyl sites for hydroxylation is 1. The number of ether oxygens (including phenoxy) is 1. The summed E-state index contributed by atoms with van der Waals surface area (Å²) in [6.07, 6.45) is 2.16. The Morgan fingerprint density at radius 3 is 2.78 bits per heavy atom. The van der Waals surface area contributed by atoms with E-state index in [9.17, 15) is 5.11 Å². The first-order chi connectivity index (χ1) is 8.65. The predicted molar refractivity (Wildman–Crippen MR) is 72.5 cm³/mol. The highest BCUT2D eigenvalue weighted by Crippen LogP contribution is 2.21. The first kappa shape index (κ1) is 13.7. The standard InChI is InChI=1S/C14H20ClNO2/c1-11-8-12(15)4-5-14(11)18-10-13(17)9-16-6-2-3-7-16/h4-5,8,13,17H,2-3,6-7,9-10H2,1H3/p+1/t13-/m1/s1. The Kier molecular flexibility index (Phi) is 4.87. The largest absolute Gasteiger partial charge is 0.490 e. The number of rotatable bonds is 5. The van der Waals surface area contributed by atoms with Gasteiger partial charge >= 0.3 is 0 Å². The van der Waals surface area contributed by atoms with Gasteiger partial charge in [-0.3, -0.25) is 0 Å². The molecule has 2 N–H and O–H groups in total. The highest BCUT2D eigenvalue weighted by Gasteiger charge is 2.19. The minimum atomic E-state index is -0.395. The smallest absolute Gasteiger partial charge is 0.137 e. The second-order valence-electron chi connectivity index (χ2n) is 5.04. The van der Waals surface area contributed by atoms with E-state index in [0.717, 1.165) is 17.9 Å². The van der Waals surface area contributed by atoms with Gasteiger partial charge in [-0.2, -0.15) is 0 Å². The summed E-state index contributed by atoms with van der Waals surface area (Å²) >= 11 is 5.88. The summed E-state index contributed by atoms with van der Waals surface area (Å²) in [5.41, 5.74) is 1.00. The maximum absolute atomic E-state index is 9.94. The van der Waals surface area contributed by atoms with Crippen LogP contribution in [0.5, 0.6) is 5.75 Å². The summed E-state index contributed by atoms with van der Waals surface area (Å²) < 4.78 is 5.64. The Hall–Kier alpha value is -0.770. The molecule has 1 aromatic rings. The minimum absolute atomic E-state index is 0.353. The lowest BCUT2D eigenvalue weighted by Gasteiger charge is -2.18. The van der Waals surface area contributed by atoms with E-state index in [1.807, 2.05) is 25.1 Å². The lowest BCUT2D eigenvalue weighted by atomic mass is 10.2. The molecule has 1 heterocycles. The molecule has 3 nitrogen and oxygen atoms in total. The van der Waals surface area contributed by atoms with Gasteiger partial charge in [-0.1, -0.05) is 11.6 Å². The second kappa shape index (κ2) is 6.41. The normalized spacial score (nSPS) is 17.9. The summed E-state index contributed by atoms with van der Waals surface area (Å²) in [5, 5.41) is 10.7. The van der Waals surface area contributed by atoms with Gasteiger partial charge in [0.1, 0.15) is 25.0 Å². The van der Waals surface area contributed by atoms with E-state index in [4.69, 9.17) is 16.3 Å². The van der Waals surface area contributed by atoms with Crippen LogP contribution in [0.2, 0.25) is 5.02 Å². The third-order valence-electron chi connectivity index (χ3n) is 3.40. The highest BCUT2D eigenvalue weighted by atomic mass is 35.5. The van der Waals surface area contributed by atoms with Crippen molar-refractivity contribution < 1.29 is 14.7 Å². The van der Waals surface area contributed by atoms with Crippen LogP contribution in [0.1, 0.15) is 18.4 Å². The van der Waals surface area contributed by atoms with Crippen molar-refractivity contribution in [3.05, 3.63) is 28.8 Å². The molecule has 0 aliphatic carbocycles. The molecule has 0 unspecified atom stereocenters. The average Bonchev–Trinajstić information content (AvgIpc) is 2.80. The van der Waals surface area contributed by atoms with Crippen LogP contribution in [0.4, 0.5) is 0 Å². The van der Waals surface area contributed by atoms with Gasteiger partial charge < -0.3 is 14.7 Å². The van der Waals surface area contributed by atoms with Crippen LogP contribution in [0, 0.1) is 6.92 Å². The molecule has 0 saturated carbocycles. The van der Waals surface area contributed by atoms with Crippen molar-refractivity contribution in [1.82, 2.24) is 0 Å². The molecule has 1 aliphatic rings. The van der Waals surface area contributed by atoms with Crippen molar-refractivity contribution in [3.8, 4) is 5.75 Å². The second-order valence-corrected chi connectivity index (χ2v) is 5.47. The van der Waals surface area contributed by atoms with Gasteiger partial charge in [0.05, 0.1) is 13.1 Å². The van der Waals surface area contributed by atoms with Crippen molar-refractivity contribution in [1.29, 1.82) is 0 Å². The Balaban J connectivity index is 1.79. The van der Waals surface area contributed by atoms with E-state index in [1.165, 1.54) is 30.8 Å². The Morgan fingerprint density at radius 2 is 2.11 bits per heavy atom. The Morgan fingerprint density at radius 1 is 1.39 bits per heavy atom. The van der Waals surface area contributed by atoms with E-state index in [-0.39, 0.29) is 0 Å². The van der Waals surface area contributed by atoms with Crippen LogP contribution < -0.4 is 9.64 Å². The zero-order valence-corrected chi connectivity index (χ0v) is 11.5. The van der Waals surface area contributed by atoms with Crippen molar-refractivity contribution in [2.75, 3.05) is 26.2 Å². The predicted octanol–water partition coefficient (Wildman–Crippen LogP) is 1.07. The summed E-state index contributed by atoms with van der Waals surface area (Å²) in [7, 11) is 0. The number of aliphatic hydroxyl groups is 1. The quantitative estimate of drug-likeness (QED) is 0.839. The van der Waals surface area contributed by atoms with Crippen molar-refractivity contribution >= 4 is 11.6 Å². The van der Waals surface area contributed by atoms with Crippen LogP contribution in [0.3, 0.4) is 0 Å². The molecule has 1 saturated heterocycles. The molecule has 0 spiro atoms. The van der Waals surface area contributed by atoms with Gasteiger partial charge in [-0.15, -0.1) is 0 Å².